The highest BCUT2D eigenvalue weighted by molar-refractivity contribution is 7.03. The normalized spacial score (nSPS) is 12.4. The Hall–Kier alpha value is -3.00. The molecule has 2 amide bonds. The van der Waals surface area contributed by atoms with Crippen LogP contribution in [0.5, 0.6) is 0 Å². The summed E-state index contributed by atoms with van der Waals surface area (Å²) in [5.41, 5.74) is 1.97. The van der Waals surface area contributed by atoms with Crippen molar-refractivity contribution in [2.45, 2.75) is 52.6 Å². The number of nitrogens with zero attached hydrogens (tertiary/aromatic N) is 3. The van der Waals surface area contributed by atoms with Crippen molar-refractivity contribution in [2.24, 2.45) is 0 Å². The average molecular weight is 441 g/mol. The summed E-state index contributed by atoms with van der Waals surface area (Å²) in [4.78, 5) is 28.3. The zero-order valence-corrected chi connectivity index (χ0v) is 19.3. The summed E-state index contributed by atoms with van der Waals surface area (Å²) in [5.74, 6) is 0.428. The molecule has 0 saturated heterocycles. The number of amides is 2. The molecule has 0 aliphatic carbocycles. The zero-order valence-electron chi connectivity index (χ0n) is 18.5. The largest absolute Gasteiger partial charge is 0.464 e. The maximum Gasteiger partial charge on any atom is 0.276 e. The maximum absolute atomic E-state index is 13.4. The minimum atomic E-state index is -0.924. The lowest BCUT2D eigenvalue weighted by Gasteiger charge is -2.32. The van der Waals surface area contributed by atoms with Crippen LogP contribution in [0.25, 0.3) is 0 Å². The van der Waals surface area contributed by atoms with Crippen molar-refractivity contribution in [1.82, 2.24) is 19.8 Å². The van der Waals surface area contributed by atoms with E-state index in [1.807, 2.05) is 52.8 Å². The molecule has 0 aliphatic heterocycles. The lowest BCUT2D eigenvalue weighted by molar-refractivity contribution is -0.128. The Morgan fingerprint density at radius 1 is 1.19 bits per heavy atom. The number of carbonyl (C=O) groups is 2. The van der Waals surface area contributed by atoms with Crippen LogP contribution in [-0.2, 0) is 11.2 Å². The third kappa shape index (κ3) is 6.01. The van der Waals surface area contributed by atoms with Gasteiger partial charge in [-0.3, -0.25) is 9.59 Å². The predicted molar refractivity (Wildman–Crippen MR) is 120 cm³/mol. The first-order valence-corrected chi connectivity index (χ1v) is 11.0. The minimum absolute atomic E-state index is 0.214. The molecule has 164 valence electrons. The van der Waals surface area contributed by atoms with E-state index in [-0.39, 0.29) is 17.5 Å². The standard InChI is InChI=1S/C23H28N4O3S/c1-15-7-6-8-17(13-15)11-12-27(22(29)18-14-31-26-25-18)20(19-10-9-16(2)30-19)21(28)24-23(3,4)5/h6-10,13-14,20H,11-12H2,1-5H3,(H,24,28)/t20-/m0/s1. The fraction of sp³-hybridized carbons (Fsp3) is 0.391. The van der Waals surface area contributed by atoms with E-state index in [0.717, 1.165) is 22.7 Å². The van der Waals surface area contributed by atoms with E-state index in [4.69, 9.17) is 4.42 Å². The van der Waals surface area contributed by atoms with E-state index in [0.29, 0.717) is 24.5 Å². The van der Waals surface area contributed by atoms with Crippen molar-refractivity contribution < 1.29 is 14.0 Å². The van der Waals surface area contributed by atoms with Crippen LogP contribution in [0.3, 0.4) is 0 Å². The van der Waals surface area contributed by atoms with Gasteiger partial charge >= 0.3 is 0 Å². The molecule has 0 aliphatic rings. The van der Waals surface area contributed by atoms with Gasteiger partial charge in [-0.1, -0.05) is 34.3 Å². The Kier molecular flexibility index (Phi) is 6.90. The fourth-order valence-corrected chi connectivity index (χ4v) is 3.76. The molecular weight excluding hydrogens is 412 g/mol. The van der Waals surface area contributed by atoms with E-state index in [9.17, 15) is 9.59 Å². The van der Waals surface area contributed by atoms with Crippen LogP contribution in [0.15, 0.2) is 46.2 Å². The first-order valence-electron chi connectivity index (χ1n) is 10.2. The van der Waals surface area contributed by atoms with Crippen LogP contribution in [0, 0.1) is 13.8 Å². The maximum atomic E-state index is 13.4. The third-order valence-electron chi connectivity index (χ3n) is 4.65. The molecule has 0 saturated carbocycles. The van der Waals surface area contributed by atoms with E-state index >= 15 is 0 Å². The quantitative estimate of drug-likeness (QED) is 0.598. The molecule has 3 aromatic rings. The van der Waals surface area contributed by atoms with Gasteiger partial charge in [0, 0.05) is 17.5 Å². The first kappa shape index (κ1) is 22.7. The highest BCUT2D eigenvalue weighted by Gasteiger charge is 2.36. The van der Waals surface area contributed by atoms with Gasteiger partial charge < -0.3 is 14.6 Å². The Balaban J connectivity index is 1.99. The smallest absolute Gasteiger partial charge is 0.276 e. The van der Waals surface area contributed by atoms with Gasteiger partial charge in [0.2, 0.25) is 0 Å². The van der Waals surface area contributed by atoms with Crippen molar-refractivity contribution >= 4 is 23.3 Å². The molecule has 0 radical (unpaired) electrons. The topological polar surface area (TPSA) is 88.3 Å². The molecule has 8 heteroatoms. The molecule has 7 nitrogen and oxygen atoms in total. The Labute approximate surface area is 186 Å². The molecule has 0 bridgehead atoms. The van der Waals surface area contributed by atoms with Crippen LogP contribution in [0.1, 0.15) is 59.9 Å². The summed E-state index contributed by atoms with van der Waals surface area (Å²) in [5, 5.41) is 8.52. The molecule has 1 atom stereocenters. The molecule has 1 N–H and O–H groups in total. The Bertz CT molecular complexity index is 1040. The number of hydrogen-bond acceptors (Lipinski definition) is 6. The van der Waals surface area contributed by atoms with Gasteiger partial charge in [-0.2, -0.15) is 0 Å². The van der Waals surface area contributed by atoms with Crippen LogP contribution in [0.4, 0.5) is 0 Å². The van der Waals surface area contributed by atoms with Gasteiger partial charge in [0.05, 0.1) is 0 Å². The second-order valence-electron chi connectivity index (χ2n) is 8.62. The predicted octanol–water partition coefficient (Wildman–Crippen LogP) is 4.09. The van der Waals surface area contributed by atoms with E-state index < -0.39 is 11.6 Å². The van der Waals surface area contributed by atoms with E-state index in [1.165, 1.54) is 4.90 Å². The minimum Gasteiger partial charge on any atom is -0.464 e. The SMILES string of the molecule is Cc1cccc(CCN(C(=O)c2csnn2)[C@H](C(=O)NC(C)(C)C)c2ccc(C)o2)c1. The summed E-state index contributed by atoms with van der Waals surface area (Å²) in [6.45, 7) is 9.86. The number of hydrogen-bond donors (Lipinski definition) is 1. The number of aryl methyl sites for hydroxylation is 2. The number of benzene rings is 1. The number of carbonyl (C=O) groups excluding carboxylic acids is 2. The highest BCUT2D eigenvalue weighted by atomic mass is 32.1. The van der Waals surface area contributed by atoms with Gasteiger partial charge in [-0.25, -0.2) is 0 Å². The third-order valence-corrected chi connectivity index (χ3v) is 5.16. The number of aromatic nitrogens is 2. The number of furan rings is 1. The number of nitrogens with one attached hydrogen (secondary N) is 1. The van der Waals surface area contributed by atoms with Gasteiger partial charge in [-0.15, -0.1) is 5.10 Å². The van der Waals surface area contributed by atoms with Crippen molar-refractivity contribution in [3.8, 4) is 0 Å². The summed E-state index contributed by atoms with van der Waals surface area (Å²) >= 11 is 1.10. The Morgan fingerprint density at radius 2 is 1.97 bits per heavy atom. The molecular formula is C23H28N4O3S. The number of rotatable bonds is 7. The summed E-state index contributed by atoms with van der Waals surface area (Å²) < 4.78 is 9.63. The molecule has 0 fully saturated rings. The molecule has 31 heavy (non-hydrogen) atoms. The van der Waals surface area contributed by atoms with E-state index in [2.05, 4.69) is 21.0 Å². The van der Waals surface area contributed by atoms with Gasteiger partial charge in [0.1, 0.15) is 11.5 Å². The lowest BCUT2D eigenvalue weighted by Crippen LogP contribution is -2.49. The highest BCUT2D eigenvalue weighted by Crippen LogP contribution is 2.26. The molecule has 0 spiro atoms. The second-order valence-corrected chi connectivity index (χ2v) is 9.23. The fourth-order valence-electron chi connectivity index (χ4n) is 3.33. The van der Waals surface area contributed by atoms with Gasteiger partial charge in [0.15, 0.2) is 11.7 Å². The zero-order chi connectivity index (χ0) is 22.6. The van der Waals surface area contributed by atoms with Crippen molar-refractivity contribution in [1.29, 1.82) is 0 Å². The summed E-state index contributed by atoms with van der Waals surface area (Å²) in [7, 11) is 0. The van der Waals surface area contributed by atoms with E-state index in [1.54, 1.807) is 17.5 Å². The molecule has 2 heterocycles. The van der Waals surface area contributed by atoms with Gasteiger partial charge in [-0.05, 0) is 70.3 Å². The van der Waals surface area contributed by atoms with Crippen molar-refractivity contribution in [3.05, 3.63) is 70.1 Å². The molecule has 3 rings (SSSR count). The van der Waals surface area contributed by atoms with Crippen LogP contribution >= 0.6 is 11.5 Å². The molecule has 1 aromatic carbocycles. The van der Waals surface area contributed by atoms with Crippen molar-refractivity contribution in [3.63, 3.8) is 0 Å². The van der Waals surface area contributed by atoms with Crippen LogP contribution < -0.4 is 5.32 Å². The molecule has 2 aromatic heterocycles. The van der Waals surface area contributed by atoms with Crippen LogP contribution in [-0.4, -0.2) is 38.4 Å². The average Bonchev–Trinajstić information content (AvgIpc) is 3.35. The van der Waals surface area contributed by atoms with Crippen molar-refractivity contribution in [2.75, 3.05) is 6.54 Å². The van der Waals surface area contributed by atoms with Gasteiger partial charge in [0.25, 0.3) is 11.8 Å². The monoisotopic (exact) mass is 440 g/mol. The molecule has 0 unspecified atom stereocenters. The summed E-state index contributed by atoms with van der Waals surface area (Å²) in [6, 6.07) is 10.7. The summed E-state index contributed by atoms with van der Waals surface area (Å²) in [6.07, 6.45) is 0.587. The Morgan fingerprint density at radius 3 is 2.55 bits per heavy atom. The lowest BCUT2D eigenvalue weighted by atomic mass is 10.0. The first-order chi connectivity index (χ1) is 14.6. The second kappa shape index (κ2) is 9.43. The van der Waals surface area contributed by atoms with Crippen LogP contribution in [0.2, 0.25) is 0 Å².